The molecule has 5 nitrogen and oxygen atoms in total. The van der Waals surface area contributed by atoms with Crippen LogP contribution in [-0.4, -0.2) is 28.3 Å². The number of nitrogens with zero attached hydrogens (tertiary/aromatic N) is 4. The van der Waals surface area contributed by atoms with Crippen LogP contribution >= 0.6 is 11.6 Å². The van der Waals surface area contributed by atoms with Crippen molar-refractivity contribution in [3.8, 4) is 0 Å². The van der Waals surface area contributed by atoms with E-state index in [0.717, 1.165) is 6.07 Å². The Hall–Kier alpha value is -2.09. The van der Waals surface area contributed by atoms with Gasteiger partial charge >= 0.3 is 6.18 Å². The van der Waals surface area contributed by atoms with E-state index in [1.165, 1.54) is 18.3 Å². The van der Waals surface area contributed by atoms with Crippen LogP contribution in [0.1, 0.15) is 19.4 Å². The molecule has 0 aliphatic rings. The number of halogens is 4. The lowest BCUT2D eigenvalue weighted by atomic mass is 10.1. The van der Waals surface area contributed by atoms with Crippen LogP contribution in [-0.2, 0) is 6.18 Å². The van der Waals surface area contributed by atoms with Crippen molar-refractivity contribution in [1.29, 1.82) is 0 Å². The molecule has 0 spiro atoms. The van der Waals surface area contributed by atoms with Gasteiger partial charge < -0.3 is 10.2 Å². The predicted octanol–water partition coefficient (Wildman–Crippen LogP) is 4.13. The molecule has 0 fully saturated rings. The van der Waals surface area contributed by atoms with E-state index in [1.807, 2.05) is 18.7 Å². The lowest BCUT2D eigenvalue weighted by Crippen LogP contribution is -2.23. The van der Waals surface area contributed by atoms with Gasteiger partial charge in [-0.05, 0) is 32.0 Å². The molecule has 9 heteroatoms. The van der Waals surface area contributed by atoms with Crippen molar-refractivity contribution in [3.63, 3.8) is 0 Å². The normalized spacial score (nSPS) is 11.4. The van der Waals surface area contributed by atoms with Gasteiger partial charge in [-0.2, -0.15) is 23.3 Å². The van der Waals surface area contributed by atoms with Gasteiger partial charge in [0.05, 0.1) is 17.4 Å². The average molecular weight is 346 g/mol. The van der Waals surface area contributed by atoms with Crippen LogP contribution in [0.25, 0.3) is 0 Å². The molecule has 0 aliphatic carbocycles. The van der Waals surface area contributed by atoms with Gasteiger partial charge in [-0.1, -0.05) is 11.6 Å². The number of alkyl halides is 3. The number of anilines is 3. The van der Waals surface area contributed by atoms with E-state index in [-0.39, 0.29) is 16.7 Å². The highest BCUT2D eigenvalue weighted by Gasteiger charge is 2.34. The van der Waals surface area contributed by atoms with E-state index in [1.54, 1.807) is 0 Å². The summed E-state index contributed by atoms with van der Waals surface area (Å²) >= 11 is 5.65. The summed E-state index contributed by atoms with van der Waals surface area (Å²) < 4.78 is 39.3. The van der Waals surface area contributed by atoms with Crippen LogP contribution in [0.4, 0.5) is 30.6 Å². The molecule has 1 aromatic heterocycles. The van der Waals surface area contributed by atoms with Crippen molar-refractivity contribution in [3.05, 3.63) is 35.0 Å². The van der Waals surface area contributed by atoms with E-state index < -0.39 is 11.7 Å². The number of hydrogen-bond acceptors (Lipinski definition) is 5. The van der Waals surface area contributed by atoms with Crippen molar-refractivity contribution >= 4 is 29.1 Å². The van der Waals surface area contributed by atoms with Gasteiger partial charge in [0, 0.05) is 18.1 Å². The average Bonchev–Trinajstić information content (AvgIpc) is 2.50. The maximum Gasteiger partial charge on any atom is 0.418 e. The number of benzene rings is 1. The first-order valence-corrected chi connectivity index (χ1v) is 7.31. The van der Waals surface area contributed by atoms with Gasteiger partial charge in [-0.25, -0.2) is 0 Å². The molecule has 23 heavy (non-hydrogen) atoms. The topological polar surface area (TPSA) is 53.9 Å². The number of aromatic nitrogens is 3. The Morgan fingerprint density at radius 2 is 1.91 bits per heavy atom. The highest BCUT2D eigenvalue weighted by atomic mass is 35.5. The molecule has 0 radical (unpaired) electrons. The molecule has 1 heterocycles. The highest BCUT2D eigenvalue weighted by molar-refractivity contribution is 6.30. The smallest absolute Gasteiger partial charge is 0.356 e. The Morgan fingerprint density at radius 3 is 2.52 bits per heavy atom. The lowest BCUT2D eigenvalue weighted by molar-refractivity contribution is -0.136. The summed E-state index contributed by atoms with van der Waals surface area (Å²) in [6.45, 7) is 5.28. The summed E-state index contributed by atoms with van der Waals surface area (Å²) in [5.41, 5.74) is -1.07. The standard InChI is InChI=1S/C14H15ClF3N5/c1-3-23(4-2)12-8-19-22-13(21-12)20-11-6-5-9(15)7-10(11)14(16,17)18/h5-8H,3-4H2,1-2H3,(H,20,21,22). The van der Waals surface area contributed by atoms with Gasteiger partial charge in [0.1, 0.15) is 0 Å². The van der Waals surface area contributed by atoms with Gasteiger partial charge in [0.25, 0.3) is 0 Å². The molecule has 0 amide bonds. The van der Waals surface area contributed by atoms with Crippen molar-refractivity contribution in [2.24, 2.45) is 0 Å². The molecular weight excluding hydrogens is 331 g/mol. The fourth-order valence-electron chi connectivity index (χ4n) is 2.03. The monoisotopic (exact) mass is 345 g/mol. The third kappa shape index (κ3) is 4.22. The van der Waals surface area contributed by atoms with Crippen LogP contribution in [0.2, 0.25) is 5.02 Å². The summed E-state index contributed by atoms with van der Waals surface area (Å²) in [6, 6.07) is 3.45. The summed E-state index contributed by atoms with van der Waals surface area (Å²) in [4.78, 5) is 6.11. The zero-order valence-corrected chi connectivity index (χ0v) is 13.3. The molecule has 0 aliphatic heterocycles. The first-order valence-electron chi connectivity index (χ1n) is 6.93. The number of nitrogens with one attached hydrogen (secondary N) is 1. The van der Waals surface area contributed by atoms with Crippen molar-refractivity contribution in [2.75, 3.05) is 23.3 Å². The second kappa shape index (κ2) is 6.99. The Labute approximate surface area is 136 Å². The fraction of sp³-hybridized carbons (Fsp3) is 0.357. The Morgan fingerprint density at radius 1 is 1.22 bits per heavy atom. The third-order valence-electron chi connectivity index (χ3n) is 3.17. The Bertz CT molecular complexity index is 674. The molecule has 1 aromatic carbocycles. The first kappa shape index (κ1) is 17.3. The molecule has 2 rings (SSSR count). The van der Waals surface area contributed by atoms with Gasteiger partial charge in [-0.3, -0.25) is 0 Å². The van der Waals surface area contributed by atoms with Gasteiger partial charge in [0.15, 0.2) is 5.82 Å². The quantitative estimate of drug-likeness (QED) is 0.882. The van der Waals surface area contributed by atoms with Crippen molar-refractivity contribution in [1.82, 2.24) is 15.2 Å². The minimum Gasteiger partial charge on any atom is -0.356 e. The van der Waals surface area contributed by atoms with Crippen LogP contribution < -0.4 is 10.2 Å². The summed E-state index contributed by atoms with van der Waals surface area (Å²) in [6.07, 6.45) is -3.08. The predicted molar refractivity (Wildman–Crippen MR) is 83.1 cm³/mol. The van der Waals surface area contributed by atoms with E-state index in [0.29, 0.717) is 18.9 Å². The maximum atomic E-state index is 13.1. The van der Waals surface area contributed by atoms with E-state index in [4.69, 9.17) is 11.6 Å². The molecule has 1 N–H and O–H groups in total. The minimum absolute atomic E-state index is 0.00110. The molecule has 0 unspecified atom stereocenters. The number of hydrogen-bond donors (Lipinski definition) is 1. The Balaban J connectivity index is 2.35. The van der Waals surface area contributed by atoms with Crippen molar-refractivity contribution in [2.45, 2.75) is 20.0 Å². The van der Waals surface area contributed by atoms with Crippen LogP contribution in [0.3, 0.4) is 0 Å². The molecule has 0 saturated carbocycles. The third-order valence-corrected chi connectivity index (χ3v) is 3.40. The zero-order chi connectivity index (χ0) is 17.0. The van der Waals surface area contributed by atoms with Crippen molar-refractivity contribution < 1.29 is 13.2 Å². The SMILES string of the molecule is CCN(CC)c1cnnc(Nc2ccc(Cl)cc2C(F)(F)F)n1. The molecule has 0 saturated heterocycles. The van der Waals surface area contributed by atoms with Gasteiger partial charge in [-0.15, -0.1) is 5.10 Å². The summed E-state index contributed by atoms with van der Waals surface area (Å²) in [7, 11) is 0. The number of rotatable bonds is 5. The summed E-state index contributed by atoms with van der Waals surface area (Å²) in [5, 5.41) is 10.1. The molecule has 2 aromatic rings. The molecule has 124 valence electrons. The van der Waals surface area contributed by atoms with Crippen LogP contribution in [0, 0.1) is 0 Å². The highest BCUT2D eigenvalue weighted by Crippen LogP contribution is 2.37. The molecule has 0 bridgehead atoms. The second-order valence-corrected chi connectivity index (χ2v) is 5.06. The van der Waals surface area contributed by atoms with Crippen LogP contribution in [0.5, 0.6) is 0 Å². The lowest BCUT2D eigenvalue weighted by Gasteiger charge is -2.19. The van der Waals surface area contributed by atoms with E-state index in [2.05, 4.69) is 20.5 Å². The maximum absolute atomic E-state index is 13.1. The largest absolute Gasteiger partial charge is 0.418 e. The Kier molecular flexibility index (Phi) is 5.25. The molecule has 0 atom stereocenters. The minimum atomic E-state index is -4.54. The van der Waals surface area contributed by atoms with E-state index >= 15 is 0 Å². The summed E-state index contributed by atoms with van der Waals surface area (Å²) in [5.74, 6) is 0.525. The van der Waals surface area contributed by atoms with E-state index in [9.17, 15) is 13.2 Å². The second-order valence-electron chi connectivity index (χ2n) is 4.62. The molecular formula is C14H15ClF3N5. The van der Waals surface area contributed by atoms with Gasteiger partial charge in [0.2, 0.25) is 5.95 Å². The van der Waals surface area contributed by atoms with Crippen LogP contribution in [0.15, 0.2) is 24.4 Å². The first-order chi connectivity index (χ1) is 10.8. The zero-order valence-electron chi connectivity index (χ0n) is 12.5. The fourth-order valence-corrected chi connectivity index (χ4v) is 2.20.